The van der Waals surface area contributed by atoms with Crippen molar-refractivity contribution in [1.29, 1.82) is 0 Å². The first-order valence-electron chi connectivity index (χ1n) is 12.6. The van der Waals surface area contributed by atoms with Gasteiger partial charge in [-0.05, 0) is 66.3 Å². The zero-order chi connectivity index (χ0) is 26.5. The maximum atomic E-state index is 13.8. The Morgan fingerprint density at radius 1 is 1.18 bits per heavy atom. The molecule has 1 aliphatic rings. The van der Waals surface area contributed by atoms with Gasteiger partial charge in [-0.25, -0.2) is 0 Å². The lowest BCUT2D eigenvalue weighted by atomic mass is 10.1. The van der Waals surface area contributed by atoms with Gasteiger partial charge in [0.15, 0.2) is 5.76 Å². The summed E-state index contributed by atoms with van der Waals surface area (Å²) in [6.45, 7) is 1.87. The molecule has 0 spiro atoms. The van der Waals surface area contributed by atoms with E-state index in [0.717, 1.165) is 41.9 Å². The third-order valence-electron chi connectivity index (χ3n) is 6.60. The van der Waals surface area contributed by atoms with Gasteiger partial charge in [0.05, 0.1) is 7.11 Å². The van der Waals surface area contributed by atoms with Crippen LogP contribution in [0.2, 0.25) is 0 Å². The van der Waals surface area contributed by atoms with Gasteiger partial charge in [-0.2, -0.15) is 4.80 Å². The van der Waals surface area contributed by atoms with Crippen LogP contribution in [0.4, 0.5) is 0 Å². The zero-order valence-electron chi connectivity index (χ0n) is 21.4. The summed E-state index contributed by atoms with van der Waals surface area (Å²) < 4.78 is 10.9. The van der Waals surface area contributed by atoms with E-state index in [1.54, 1.807) is 18.1 Å². The molecule has 11 heteroatoms. The first kappa shape index (κ1) is 25.7. The van der Waals surface area contributed by atoms with E-state index in [1.807, 2.05) is 54.8 Å². The smallest absolute Gasteiger partial charge is 0.248 e. The quantitative estimate of drug-likeness (QED) is 0.325. The Balaban J connectivity index is 1.43. The number of aryl methyl sites for hydroxylation is 1. The van der Waals surface area contributed by atoms with Gasteiger partial charge in [0, 0.05) is 17.5 Å². The van der Waals surface area contributed by atoms with Crippen molar-refractivity contribution in [2.24, 2.45) is 0 Å². The summed E-state index contributed by atoms with van der Waals surface area (Å²) in [5.41, 5.74) is 0.868. The van der Waals surface area contributed by atoms with E-state index in [0.29, 0.717) is 17.3 Å². The van der Waals surface area contributed by atoms with Gasteiger partial charge in [0.2, 0.25) is 17.6 Å². The van der Waals surface area contributed by atoms with E-state index >= 15 is 0 Å². The summed E-state index contributed by atoms with van der Waals surface area (Å²) in [5, 5.41) is 17.5. The highest BCUT2D eigenvalue weighted by Crippen LogP contribution is 2.29. The minimum atomic E-state index is -0.791. The number of furan rings is 1. The van der Waals surface area contributed by atoms with Gasteiger partial charge < -0.3 is 19.4 Å². The number of hydrogen-bond acceptors (Lipinski definition) is 8. The number of tetrazole rings is 1. The van der Waals surface area contributed by atoms with Crippen molar-refractivity contribution in [2.45, 2.75) is 57.8 Å². The molecule has 5 rings (SSSR count). The lowest BCUT2D eigenvalue weighted by molar-refractivity contribution is -0.142. The maximum absolute atomic E-state index is 13.8. The van der Waals surface area contributed by atoms with Crippen LogP contribution < -0.4 is 10.1 Å². The van der Waals surface area contributed by atoms with Crippen LogP contribution in [0.25, 0.3) is 11.6 Å². The molecule has 1 aliphatic carbocycles. The van der Waals surface area contributed by atoms with Gasteiger partial charge in [-0.1, -0.05) is 31.0 Å². The zero-order valence-corrected chi connectivity index (χ0v) is 22.2. The molecule has 3 heterocycles. The molecule has 0 saturated heterocycles. The second-order valence-corrected chi connectivity index (χ2v) is 10.3. The van der Waals surface area contributed by atoms with E-state index in [4.69, 9.17) is 9.15 Å². The molecular formula is C27H30N6O4S. The van der Waals surface area contributed by atoms with E-state index in [1.165, 1.54) is 16.1 Å². The molecule has 1 saturated carbocycles. The summed E-state index contributed by atoms with van der Waals surface area (Å²) in [6.07, 6.45) is 4.09. The van der Waals surface area contributed by atoms with Crippen molar-refractivity contribution in [3.8, 4) is 17.3 Å². The largest absolute Gasteiger partial charge is 0.497 e. The van der Waals surface area contributed by atoms with E-state index in [2.05, 4.69) is 20.7 Å². The number of rotatable bonds is 10. The molecule has 198 valence electrons. The highest BCUT2D eigenvalue weighted by atomic mass is 32.1. The standard InChI is InChI=1S/C27H30N6O4S/c1-18-9-14-22(37-18)26-29-31-33(30-26)17-24(34)32(16-19-10-12-21(36-2)13-11-19)25(23-8-5-15-38-23)27(35)28-20-6-3-4-7-20/h5,8-15,20,25H,3-4,6-7,16-17H2,1-2H3,(H,28,35)/t25-/m1/s1. The van der Waals surface area contributed by atoms with Crippen molar-refractivity contribution >= 4 is 23.2 Å². The van der Waals surface area contributed by atoms with Crippen molar-refractivity contribution < 1.29 is 18.7 Å². The third kappa shape index (κ3) is 5.94. The average Bonchev–Trinajstić information content (AvgIpc) is 3.73. The second kappa shape index (κ2) is 11.6. The van der Waals surface area contributed by atoms with Gasteiger partial charge in [0.25, 0.3) is 0 Å². The Morgan fingerprint density at radius 2 is 1.97 bits per heavy atom. The van der Waals surface area contributed by atoms with Crippen LogP contribution in [0.15, 0.2) is 58.3 Å². The van der Waals surface area contributed by atoms with Gasteiger partial charge >= 0.3 is 0 Å². The summed E-state index contributed by atoms with van der Waals surface area (Å²) in [5.74, 6) is 1.73. The van der Waals surface area contributed by atoms with Crippen LogP contribution in [-0.4, -0.2) is 50.1 Å². The van der Waals surface area contributed by atoms with E-state index < -0.39 is 6.04 Å². The molecule has 0 bridgehead atoms. The number of thiophene rings is 1. The molecule has 10 nitrogen and oxygen atoms in total. The predicted octanol–water partition coefficient (Wildman–Crippen LogP) is 4.14. The highest BCUT2D eigenvalue weighted by Gasteiger charge is 2.34. The van der Waals surface area contributed by atoms with Gasteiger partial charge in [0.1, 0.15) is 24.1 Å². The van der Waals surface area contributed by atoms with Crippen LogP contribution in [0.5, 0.6) is 5.75 Å². The normalized spacial score (nSPS) is 14.4. The fourth-order valence-corrected chi connectivity index (χ4v) is 5.48. The number of carbonyl (C=O) groups excluding carboxylic acids is 2. The summed E-state index contributed by atoms with van der Waals surface area (Å²) >= 11 is 1.45. The SMILES string of the molecule is COc1ccc(CN(C(=O)Cn2nnc(-c3ccc(C)o3)n2)[C@@H](C(=O)NC2CCCC2)c2cccs2)cc1. The van der Waals surface area contributed by atoms with Crippen molar-refractivity contribution in [1.82, 2.24) is 30.4 Å². The minimum Gasteiger partial charge on any atom is -0.497 e. The monoisotopic (exact) mass is 534 g/mol. The minimum absolute atomic E-state index is 0.124. The predicted molar refractivity (Wildman–Crippen MR) is 141 cm³/mol. The molecule has 3 aromatic heterocycles. The lowest BCUT2D eigenvalue weighted by Crippen LogP contribution is -2.46. The van der Waals surface area contributed by atoms with E-state index in [-0.39, 0.29) is 30.9 Å². The van der Waals surface area contributed by atoms with Crippen molar-refractivity contribution in [2.75, 3.05) is 7.11 Å². The fourth-order valence-electron chi connectivity index (χ4n) is 4.65. The van der Waals surface area contributed by atoms with Crippen LogP contribution in [0.1, 0.15) is 47.9 Å². The topological polar surface area (TPSA) is 115 Å². The number of aromatic nitrogens is 4. The Kier molecular flexibility index (Phi) is 7.83. The van der Waals surface area contributed by atoms with Crippen LogP contribution in [0.3, 0.4) is 0 Å². The fraction of sp³-hybridized carbons (Fsp3) is 0.370. The highest BCUT2D eigenvalue weighted by molar-refractivity contribution is 7.10. The molecule has 0 unspecified atom stereocenters. The Labute approximate surface area is 224 Å². The first-order valence-corrected chi connectivity index (χ1v) is 13.5. The Bertz CT molecular complexity index is 1360. The van der Waals surface area contributed by atoms with Gasteiger partial charge in [-0.15, -0.1) is 21.5 Å². The molecule has 1 atom stereocenters. The molecule has 1 fully saturated rings. The number of ether oxygens (including phenoxy) is 1. The molecule has 38 heavy (non-hydrogen) atoms. The molecule has 0 aliphatic heterocycles. The number of carbonyl (C=O) groups is 2. The lowest BCUT2D eigenvalue weighted by Gasteiger charge is -2.31. The molecule has 1 N–H and O–H groups in total. The van der Waals surface area contributed by atoms with Crippen molar-refractivity contribution in [3.63, 3.8) is 0 Å². The number of benzene rings is 1. The number of nitrogens with zero attached hydrogens (tertiary/aromatic N) is 5. The van der Waals surface area contributed by atoms with Gasteiger partial charge in [-0.3, -0.25) is 9.59 Å². The molecular weight excluding hydrogens is 504 g/mol. The Hall–Kier alpha value is -3.99. The Morgan fingerprint density at radius 3 is 2.63 bits per heavy atom. The molecule has 1 aromatic carbocycles. The molecule has 0 radical (unpaired) electrons. The van der Waals surface area contributed by atoms with Crippen molar-refractivity contribution in [3.05, 3.63) is 70.1 Å². The van der Waals surface area contributed by atoms with E-state index in [9.17, 15) is 9.59 Å². The average molecular weight is 535 g/mol. The second-order valence-electron chi connectivity index (χ2n) is 9.33. The number of hydrogen-bond donors (Lipinski definition) is 1. The number of amides is 2. The molecule has 2 amide bonds. The van der Waals surface area contributed by atoms with Crippen LogP contribution >= 0.6 is 11.3 Å². The first-order chi connectivity index (χ1) is 18.5. The summed E-state index contributed by atoms with van der Waals surface area (Å²) in [6, 6.07) is 14.2. The van der Waals surface area contributed by atoms with Crippen LogP contribution in [-0.2, 0) is 22.7 Å². The summed E-state index contributed by atoms with van der Waals surface area (Å²) in [7, 11) is 1.61. The number of nitrogens with one attached hydrogen (secondary N) is 1. The maximum Gasteiger partial charge on any atom is 0.248 e. The molecule has 4 aromatic rings. The summed E-state index contributed by atoms with van der Waals surface area (Å²) in [4.78, 5) is 31.2. The third-order valence-corrected chi connectivity index (χ3v) is 7.52. The van der Waals surface area contributed by atoms with Crippen LogP contribution in [0, 0.1) is 6.92 Å². The number of methoxy groups -OCH3 is 1.